The first-order valence-electron chi connectivity index (χ1n) is 8.16. The molecule has 0 spiro atoms. The zero-order valence-corrected chi connectivity index (χ0v) is 16.1. The molecule has 6 nitrogen and oxygen atoms in total. The van der Waals surface area contributed by atoms with Crippen LogP contribution in [0.25, 0.3) is 0 Å². The summed E-state index contributed by atoms with van der Waals surface area (Å²) < 4.78 is 38.4. The molecule has 1 saturated carbocycles. The summed E-state index contributed by atoms with van der Waals surface area (Å²) in [7, 11) is -1.98. The van der Waals surface area contributed by atoms with Gasteiger partial charge < -0.3 is 15.2 Å². The van der Waals surface area contributed by atoms with Crippen LogP contribution in [0.4, 0.5) is 0 Å². The molecule has 1 atom stereocenters. The molecule has 0 aromatic heterocycles. The van der Waals surface area contributed by atoms with Crippen molar-refractivity contribution >= 4 is 22.4 Å². The lowest BCUT2D eigenvalue weighted by Crippen LogP contribution is -2.41. The van der Waals surface area contributed by atoms with Crippen molar-refractivity contribution in [2.24, 2.45) is 11.7 Å². The van der Waals surface area contributed by atoms with Gasteiger partial charge in [0.15, 0.2) is 0 Å². The monoisotopic (exact) mass is 398 g/mol. The zero-order valence-electron chi connectivity index (χ0n) is 14.4. The lowest BCUT2D eigenvalue weighted by Gasteiger charge is -2.16. The van der Waals surface area contributed by atoms with Gasteiger partial charge in [0.25, 0.3) is 0 Å². The van der Waals surface area contributed by atoms with Crippen LogP contribution in [0.5, 0.6) is 17.2 Å². The fourth-order valence-electron chi connectivity index (χ4n) is 2.57. The molecule has 0 saturated heterocycles. The molecule has 8 heteroatoms. The van der Waals surface area contributed by atoms with Gasteiger partial charge in [-0.2, -0.15) is 0 Å². The number of hydrogen-bond donors (Lipinski definition) is 2. The van der Waals surface area contributed by atoms with E-state index in [9.17, 15) is 8.42 Å². The first-order chi connectivity index (χ1) is 12.0. The van der Waals surface area contributed by atoms with E-state index in [0.717, 1.165) is 18.6 Å². The van der Waals surface area contributed by atoms with E-state index in [-0.39, 0.29) is 23.3 Å². The molecule has 1 aliphatic carbocycles. The molecule has 0 radical (unpaired) electrons. The van der Waals surface area contributed by atoms with Gasteiger partial charge in [0.05, 0.1) is 12.0 Å². The maximum Gasteiger partial charge on any atom is 0.240 e. The van der Waals surface area contributed by atoms with Crippen LogP contribution in [-0.4, -0.2) is 28.1 Å². The third kappa shape index (κ3) is 5.11. The molecule has 1 fully saturated rings. The van der Waals surface area contributed by atoms with Crippen LogP contribution in [0.15, 0.2) is 53.4 Å². The van der Waals surface area contributed by atoms with Gasteiger partial charge in [-0.15, -0.1) is 12.4 Å². The van der Waals surface area contributed by atoms with Gasteiger partial charge in [-0.3, -0.25) is 0 Å². The Balaban J connectivity index is 0.00000243. The Hall–Kier alpha value is -1.80. The standard InChI is InChI=1S/C18H22N2O4S.ClH/c1-23-14-4-6-15(7-5-14)24-16-8-10-17(11-9-16)25(21,22)20-18(12-19)13-2-3-13;/h4-11,13,18,20H,2-3,12,19H2,1H3;1H. The van der Waals surface area contributed by atoms with Crippen molar-refractivity contribution in [2.75, 3.05) is 13.7 Å². The van der Waals surface area contributed by atoms with E-state index in [4.69, 9.17) is 15.2 Å². The van der Waals surface area contributed by atoms with Gasteiger partial charge in [-0.1, -0.05) is 0 Å². The fourth-order valence-corrected chi connectivity index (χ4v) is 3.89. The molecule has 26 heavy (non-hydrogen) atoms. The van der Waals surface area contributed by atoms with Gasteiger partial charge in [-0.05, 0) is 67.3 Å². The first kappa shape index (κ1) is 20.5. The smallest absolute Gasteiger partial charge is 0.240 e. The molecule has 0 bridgehead atoms. The second-order valence-electron chi connectivity index (χ2n) is 6.05. The number of nitrogens with one attached hydrogen (secondary N) is 1. The molecule has 0 heterocycles. The minimum absolute atomic E-state index is 0. The SMILES string of the molecule is COc1ccc(Oc2ccc(S(=O)(=O)NC(CN)C3CC3)cc2)cc1.Cl. The maximum atomic E-state index is 12.5. The summed E-state index contributed by atoms with van der Waals surface area (Å²) in [5.41, 5.74) is 5.67. The zero-order chi connectivity index (χ0) is 17.9. The second kappa shape index (κ2) is 8.73. The van der Waals surface area contributed by atoms with Crippen molar-refractivity contribution in [3.8, 4) is 17.2 Å². The molecule has 2 aromatic carbocycles. The van der Waals surface area contributed by atoms with Crippen LogP contribution in [-0.2, 0) is 10.0 Å². The topological polar surface area (TPSA) is 90.6 Å². The predicted octanol–water partition coefficient (Wildman–Crippen LogP) is 2.92. The van der Waals surface area contributed by atoms with E-state index in [1.54, 1.807) is 43.5 Å². The van der Waals surface area contributed by atoms with Gasteiger partial charge in [0.2, 0.25) is 10.0 Å². The van der Waals surface area contributed by atoms with Crippen molar-refractivity contribution in [1.82, 2.24) is 4.72 Å². The Labute approximate surface area is 160 Å². The Kier molecular flexibility index (Phi) is 6.88. The number of benzene rings is 2. The molecule has 1 aliphatic rings. The van der Waals surface area contributed by atoms with Crippen molar-refractivity contribution in [3.05, 3.63) is 48.5 Å². The predicted molar refractivity (Wildman–Crippen MR) is 103 cm³/mol. The van der Waals surface area contributed by atoms with Gasteiger partial charge in [-0.25, -0.2) is 13.1 Å². The number of sulfonamides is 1. The summed E-state index contributed by atoms with van der Waals surface area (Å²) >= 11 is 0. The van der Waals surface area contributed by atoms with E-state index in [2.05, 4.69) is 4.72 Å². The second-order valence-corrected chi connectivity index (χ2v) is 7.76. The van der Waals surface area contributed by atoms with Crippen LogP contribution in [0.1, 0.15) is 12.8 Å². The van der Waals surface area contributed by atoms with Crippen molar-refractivity contribution < 1.29 is 17.9 Å². The van der Waals surface area contributed by atoms with Crippen LogP contribution in [0, 0.1) is 5.92 Å². The highest BCUT2D eigenvalue weighted by Gasteiger charge is 2.33. The third-order valence-electron chi connectivity index (χ3n) is 4.18. The highest BCUT2D eigenvalue weighted by Crippen LogP contribution is 2.33. The molecule has 3 N–H and O–H groups in total. The number of rotatable bonds is 8. The summed E-state index contributed by atoms with van der Waals surface area (Å²) in [5.74, 6) is 2.30. The lowest BCUT2D eigenvalue weighted by molar-refractivity contribution is 0.413. The van der Waals surface area contributed by atoms with Crippen LogP contribution >= 0.6 is 12.4 Å². The number of ether oxygens (including phenoxy) is 2. The van der Waals surface area contributed by atoms with E-state index in [0.29, 0.717) is 24.0 Å². The molecular formula is C18H23ClN2O4S. The summed E-state index contributed by atoms with van der Waals surface area (Å²) in [6, 6.07) is 13.3. The largest absolute Gasteiger partial charge is 0.497 e. The van der Waals surface area contributed by atoms with Crippen molar-refractivity contribution in [1.29, 1.82) is 0 Å². The quantitative estimate of drug-likeness (QED) is 0.713. The highest BCUT2D eigenvalue weighted by molar-refractivity contribution is 7.89. The third-order valence-corrected chi connectivity index (χ3v) is 5.69. The van der Waals surface area contributed by atoms with E-state index in [1.165, 1.54) is 12.1 Å². The highest BCUT2D eigenvalue weighted by atomic mass is 35.5. The molecule has 2 aromatic rings. The molecule has 3 rings (SSSR count). The van der Waals surface area contributed by atoms with Gasteiger partial charge >= 0.3 is 0 Å². The summed E-state index contributed by atoms with van der Waals surface area (Å²) in [4.78, 5) is 0.202. The minimum atomic E-state index is -3.58. The molecule has 142 valence electrons. The number of hydrogen-bond acceptors (Lipinski definition) is 5. The minimum Gasteiger partial charge on any atom is -0.497 e. The van der Waals surface area contributed by atoms with E-state index < -0.39 is 10.0 Å². The Morgan fingerprint density at radius 2 is 1.54 bits per heavy atom. The van der Waals surface area contributed by atoms with Crippen LogP contribution in [0.2, 0.25) is 0 Å². The Bertz CT molecular complexity index is 806. The van der Waals surface area contributed by atoms with Crippen molar-refractivity contribution in [3.63, 3.8) is 0 Å². The molecule has 0 amide bonds. The molecule has 1 unspecified atom stereocenters. The average molecular weight is 399 g/mol. The van der Waals surface area contributed by atoms with Gasteiger partial charge in [0.1, 0.15) is 17.2 Å². The number of nitrogens with two attached hydrogens (primary N) is 1. The van der Waals surface area contributed by atoms with Crippen LogP contribution < -0.4 is 19.9 Å². The van der Waals surface area contributed by atoms with E-state index >= 15 is 0 Å². The molecule has 0 aliphatic heterocycles. The fraction of sp³-hybridized carbons (Fsp3) is 0.333. The first-order valence-corrected chi connectivity index (χ1v) is 9.64. The normalized spacial score (nSPS) is 15.0. The maximum absolute atomic E-state index is 12.5. The number of halogens is 1. The Morgan fingerprint density at radius 3 is 2.00 bits per heavy atom. The van der Waals surface area contributed by atoms with Crippen molar-refractivity contribution in [2.45, 2.75) is 23.8 Å². The Morgan fingerprint density at radius 1 is 1.04 bits per heavy atom. The van der Waals surface area contributed by atoms with E-state index in [1.807, 2.05) is 0 Å². The summed E-state index contributed by atoms with van der Waals surface area (Å²) in [5, 5.41) is 0. The van der Waals surface area contributed by atoms with Gasteiger partial charge in [0, 0.05) is 12.6 Å². The average Bonchev–Trinajstić information content (AvgIpc) is 3.46. The van der Waals surface area contributed by atoms with Crippen LogP contribution in [0.3, 0.4) is 0 Å². The number of methoxy groups -OCH3 is 1. The molecular weight excluding hydrogens is 376 g/mol. The lowest BCUT2D eigenvalue weighted by atomic mass is 10.2. The summed E-state index contributed by atoms with van der Waals surface area (Å²) in [6.45, 7) is 0.308. The summed E-state index contributed by atoms with van der Waals surface area (Å²) in [6.07, 6.45) is 2.05.